The van der Waals surface area contributed by atoms with Gasteiger partial charge in [-0.1, -0.05) is 42.4 Å². The van der Waals surface area contributed by atoms with Gasteiger partial charge in [-0.3, -0.25) is 0 Å². The summed E-state index contributed by atoms with van der Waals surface area (Å²) in [5.41, 5.74) is 2.04. The Labute approximate surface area is 89.4 Å². The summed E-state index contributed by atoms with van der Waals surface area (Å²) in [6, 6.07) is 9.98. The highest BCUT2D eigenvalue weighted by atomic mass is 16.6. The van der Waals surface area contributed by atoms with Gasteiger partial charge in [0, 0.05) is 5.92 Å². The third-order valence-electron chi connectivity index (χ3n) is 2.78. The molecule has 0 saturated carbocycles. The maximum atomic E-state index is 9.13. The van der Waals surface area contributed by atoms with Crippen LogP contribution >= 0.6 is 0 Å². The molecule has 1 aliphatic rings. The van der Waals surface area contributed by atoms with Gasteiger partial charge in [-0.25, -0.2) is 0 Å². The minimum Gasteiger partial charge on any atom is -0.392 e. The fourth-order valence-corrected chi connectivity index (χ4v) is 1.93. The molecule has 1 aliphatic heterocycles. The van der Waals surface area contributed by atoms with Crippen molar-refractivity contribution >= 4 is 5.71 Å². The molecule has 0 spiro atoms. The quantitative estimate of drug-likeness (QED) is 0.817. The number of hydrogen-bond donors (Lipinski definition) is 1. The molecule has 0 amide bonds. The van der Waals surface area contributed by atoms with Crippen LogP contribution in [0.2, 0.25) is 0 Å². The Morgan fingerprint density at radius 3 is 2.67 bits per heavy atom. The van der Waals surface area contributed by atoms with E-state index in [1.807, 2.05) is 30.3 Å². The summed E-state index contributed by atoms with van der Waals surface area (Å²) in [4.78, 5) is 5.21. The zero-order valence-corrected chi connectivity index (χ0v) is 8.76. The normalized spacial score (nSPS) is 24.8. The Morgan fingerprint density at radius 1 is 1.33 bits per heavy atom. The molecule has 0 aliphatic carbocycles. The van der Waals surface area contributed by atoms with Gasteiger partial charge in [-0.05, 0) is 12.0 Å². The molecule has 1 aromatic rings. The molecule has 0 bridgehead atoms. The van der Waals surface area contributed by atoms with Crippen LogP contribution in [-0.2, 0) is 4.84 Å². The second-order valence-corrected chi connectivity index (χ2v) is 3.68. The topological polar surface area (TPSA) is 41.8 Å². The number of rotatable bonds is 3. The Bertz CT molecular complexity index is 348. The monoisotopic (exact) mass is 205 g/mol. The maximum absolute atomic E-state index is 9.13. The van der Waals surface area contributed by atoms with E-state index in [0.29, 0.717) is 0 Å². The summed E-state index contributed by atoms with van der Waals surface area (Å²) < 4.78 is 0. The minimum absolute atomic E-state index is 0.0261. The highest BCUT2D eigenvalue weighted by Crippen LogP contribution is 2.25. The summed E-state index contributed by atoms with van der Waals surface area (Å²) >= 11 is 0. The van der Waals surface area contributed by atoms with E-state index in [2.05, 4.69) is 12.1 Å². The van der Waals surface area contributed by atoms with E-state index in [0.717, 1.165) is 17.7 Å². The van der Waals surface area contributed by atoms with E-state index in [9.17, 15) is 0 Å². The van der Waals surface area contributed by atoms with Crippen molar-refractivity contribution in [3.8, 4) is 0 Å². The molecule has 1 heterocycles. The van der Waals surface area contributed by atoms with Crippen LogP contribution in [0.5, 0.6) is 0 Å². The number of benzene rings is 1. The van der Waals surface area contributed by atoms with Crippen molar-refractivity contribution in [1.29, 1.82) is 0 Å². The molecule has 80 valence electrons. The van der Waals surface area contributed by atoms with Crippen molar-refractivity contribution in [2.24, 2.45) is 11.1 Å². The Balaban J connectivity index is 2.24. The van der Waals surface area contributed by atoms with E-state index < -0.39 is 0 Å². The van der Waals surface area contributed by atoms with Gasteiger partial charge >= 0.3 is 0 Å². The molecule has 1 N–H and O–H groups in total. The number of nitrogens with zero attached hydrogens (tertiary/aromatic N) is 1. The van der Waals surface area contributed by atoms with E-state index in [-0.39, 0.29) is 18.6 Å². The maximum Gasteiger partial charge on any atom is 0.158 e. The minimum atomic E-state index is -0.176. The first-order valence-electron chi connectivity index (χ1n) is 5.26. The second-order valence-electron chi connectivity index (χ2n) is 3.68. The Kier molecular flexibility index (Phi) is 3.02. The first-order chi connectivity index (χ1) is 7.36. The van der Waals surface area contributed by atoms with Crippen LogP contribution in [-0.4, -0.2) is 23.5 Å². The van der Waals surface area contributed by atoms with E-state index in [1.165, 1.54) is 0 Å². The third kappa shape index (κ3) is 1.88. The summed E-state index contributed by atoms with van der Waals surface area (Å²) in [5, 5.41) is 13.2. The van der Waals surface area contributed by atoms with E-state index in [1.54, 1.807) is 0 Å². The fraction of sp³-hybridized carbons (Fsp3) is 0.417. The summed E-state index contributed by atoms with van der Waals surface area (Å²) in [7, 11) is 0. The van der Waals surface area contributed by atoms with Crippen molar-refractivity contribution in [1.82, 2.24) is 0 Å². The van der Waals surface area contributed by atoms with Gasteiger partial charge in [0.25, 0.3) is 0 Å². The van der Waals surface area contributed by atoms with Crippen molar-refractivity contribution in [2.45, 2.75) is 19.4 Å². The number of hydrogen-bond acceptors (Lipinski definition) is 3. The molecule has 0 unspecified atom stereocenters. The summed E-state index contributed by atoms with van der Waals surface area (Å²) in [6.07, 6.45) is 0.754. The van der Waals surface area contributed by atoms with Crippen LogP contribution in [0, 0.1) is 5.92 Å². The molecule has 2 rings (SSSR count). The predicted octanol–water partition coefficient (Wildman–Crippen LogP) is 1.81. The summed E-state index contributed by atoms with van der Waals surface area (Å²) in [6.45, 7) is 2.11. The molecule has 0 aromatic heterocycles. The number of aliphatic hydroxyl groups is 1. The van der Waals surface area contributed by atoms with Gasteiger partial charge in [0.05, 0.1) is 12.3 Å². The predicted molar refractivity (Wildman–Crippen MR) is 58.7 cm³/mol. The average molecular weight is 205 g/mol. The Morgan fingerprint density at radius 2 is 2.07 bits per heavy atom. The van der Waals surface area contributed by atoms with Gasteiger partial charge in [0.1, 0.15) is 0 Å². The number of aliphatic hydroxyl groups excluding tert-OH is 1. The molecular weight excluding hydrogens is 190 g/mol. The lowest BCUT2D eigenvalue weighted by Crippen LogP contribution is -2.26. The molecule has 3 heteroatoms. The van der Waals surface area contributed by atoms with Crippen LogP contribution in [0.3, 0.4) is 0 Å². The molecule has 2 atom stereocenters. The first-order valence-corrected chi connectivity index (χ1v) is 5.26. The zero-order valence-electron chi connectivity index (χ0n) is 8.76. The molecule has 0 radical (unpaired) electrons. The van der Waals surface area contributed by atoms with E-state index in [4.69, 9.17) is 9.94 Å². The van der Waals surface area contributed by atoms with Crippen LogP contribution in [0.25, 0.3) is 0 Å². The van der Waals surface area contributed by atoms with Crippen LogP contribution in [0.4, 0.5) is 0 Å². The standard InChI is InChI=1S/C12H15NO2/c1-2-10-11(8-14)15-13-12(10)9-6-4-3-5-7-9/h3-7,10-11,14H,2,8H2,1H3/t10-,11-/m0/s1. The number of oxime groups is 1. The summed E-state index contributed by atoms with van der Waals surface area (Å²) in [5.74, 6) is 0.206. The molecule has 15 heavy (non-hydrogen) atoms. The smallest absolute Gasteiger partial charge is 0.158 e. The Hall–Kier alpha value is -1.35. The molecule has 0 fully saturated rings. The van der Waals surface area contributed by atoms with Crippen molar-refractivity contribution in [2.75, 3.05) is 6.61 Å². The lowest BCUT2D eigenvalue weighted by atomic mass is 9.90. The largest absolute Gasteiger partial charge is 0.392 e. The SMILES string of the molecule is CC[C@@H]1C(c2ccccc2)=NO[C@H]1CO. The van der Waals surface area contributed by atoms with E-state index >= 15 is 0 Å². The molecule has 0 saturated heterocycles. The molecule has 1 aromatic carbocycles. The van der Waals surface area contributed by atoms with Gasteiger partial charge < -0.3 is 9.94 Å². The van der Waals surface area contributed by atoms with Crippen LogP contribution in [0.15, 0.2) is 35.5 Å². The van der Waals surface area contributed by atoms with Crippen molar-refractivity contribution in [3.05, 3.63) is 35.9 Å². The third-order valence-corrected chi connectivity index (χ3v) is 2.78. The van der Waals surface area contributed by atoms with Gasteiger partial charge in [-0.2, -0.15) is 0 Å². The lowest BCUT2D eigenvalue weighted by molar-refractivity contribution is 0.0172. The van der Waals surface area contributed by atoms with Gasteiger partial charge in [0.2, 0.25) is 0 Å². The van der Waals surface area contributed by atoms with Crippen molar-refractivity contribution in [3.63, 3.8) is 0 Å². The second kappa shape index (κ2) is 4.45. The molecular formula is C12H15NO2. The highest BCUT2D eigenvalue weighted by Gasteiger charge is 2.32. The van der Waals surface area contributed by atoms with Crippen molar-refractivity contribution < 1.29 is 9.94 Å². The first kappa shape index (κ1) is 10.2. The lowest BCUT2D eigenvalue weighted by Gasteiger charge is -2.14. The molecule has 3 nitrogen and oxygen atoms in total. The average Bonchev–Trinajstić information content (AvgIpc) is 2.72. The highest BCUT2D eigenvalue weighted by molar-refractivity contribution is 6.02. The van der Waals surface area contributed by atoms with Crippen LogP contribution < -0.4 is 0 Å². The zero-order chi connectivity index (χ0) is 10.7. The van der Waals surface area contributed by atoms with Crippen LogP contribution in [0.1, 0.15) is 18.9 Å². The van der Waals surface area contributed by atoms with Gasteiger partial charge in [0.15, 0.2) is 6.10 Å². The fourth-order valence-electron chi connectivity index (χ4n) is 1.93. The van der Waals surface area contributed by atoms with Gasteiger partial charge in [-0.15, -0.1) is 0 Å².